The van der Waals surface area contributed by atoms with Crippen molar-refractivity contribution in [3.63, 3.8) is 0 Å². The van der Waals surface area contributed by atoms with E-state index in [1.54, 1.807) is 0 Å². The number of aromatic nitrogens is 4. The highest BCUT2D eigenvalue weighted by atomic mass is 16.2. The van der Waals surface area contributed by atoms with Crippen LogP contribution in [0.25, 0.3) is 16.4 Å². The van der Waals surface area contributed by atoms with Gasteiger partial charge >= 0.3 is 0 Å². The molecule has 2 amide bonds. The molecule has 11 nitrogen and oxygen atoms in total. The predicted molar refractivity (Wildman–Crippen MR) is 188 cm³/mol. The van der Waals surface area contributed by atoms with Gasteiger partial charge in [-0.3, -0.25) is 19.8 Å². The van der Waals surface area contributed by atoms with Crippen LogP contribution in [0.1, 0.15) is 54.2 Å². The molecule has 0 radical (unpaired) electrons. The number of aryl methyl sites for hydroxylation is 1. The summed E-state index contributed by atoms with van der Waals surface area (Å²) in [4.78, 5) is 31.2. The van der Waals surface area contributed by atoms with Crippen molar-refractivity contribution in [1.82, 2.24) is 34.9 Å². The lowest BCUT2D eigenvalue weighted by molar-refractivity contribution is -0.134. The number of piperidine rings is 1. The number of imide groups is 1. The second-order valence-electron chi connectivity index (χ2n) is 13.3. The lowest BCUT2D eigenvalue weighted by Crippen LogP contribution is -2.46. The number of hydrogen-bond acceptors (Lipinski definition) is 9. The van der Waals surface area contributed by atoms with Crippen molar-refractivity contribution in [2.45, 2.75) is 51.2 Å². The fourth-order valence-electron chi connectivity index (χ4n) is 7.31. The fourth-order valence-corrected chi connectivity index (χ4v) is 7.31. The largest absolute Gasteiger partial charge is 0.369 e. The van der Waals surface area contributed by atoms with Gasteiger partial charge in [-0.15, -0.1) is 15.3 Å². The molecule has 248 valence electrons. The van der Waals surface area contributed by atoms with E-state index >= 15 is 0 Å². The number of nitrogens with zero attached hydrogens (tertiary/aromatic N) is 7. The number of piperazine rings is 1. The normalized spacial score (nSPS) is 18.8. The van der Waals surface area contributed by atoms with Gasteiger partial charge in [0, 0.05) is 61.6 Å². The van der Waals surface area contributed by atoms with Crippen molar-refractivity contribution in [3.05, 3.63) is 95.3 Å². The number of rotatable bonds is 9. The molecule has 2 fully saturated rings. The first-order valence-electron chi connectivity index (χ1n) is 16.8. The number of amides is 2. The maximum atomic E-state index is 12.4. The topological polar surface area (TPSA) is 111 Å². The molecular formula is C37H43N9O2. The molecule has 0 bridgehead atoms. The zero-order valence-corrected chi connectivity index (χ0v) is 28.1. The summed E-state index contributed by atoms with van der Waals surface area (Å²) >= 11 is 0. The van der Waals surface area contributed by atoms with E-state index in [2.05, 4.69) is 105 Å². The van der Waals surface area contributed by atoms with Crippen LogP contribution in [0, 0.1) is 6.92 Å². The van der Waals surface area contributed by atoms with Crippen molar-refractivity contribution >= 4 is 39.7 Å². The number of carbonyl (C=O) groups excluding carboxylic acids is 2. The molecule has 1 unspecified atom stereocenters. The van der Waals surface area contributed by atoms with Crippen molar-refractivity contribution in [2.24, 2.45) is 0 Å². The number of anilines is 2. The predicted octanol–water partition coefficient (Wildman–Crippen LogP) is 4.53. The Balaban J connectivity index is 0.990. The number of hydrogen-bond donors (Lipinski definition) is 2. The van der Waals surface area contributed by atoms with Crippen molar-refractivity contribution in [1.29, 1.82) is 0 Å². The Morgan fingerprint density at radius 2 is 1.69 bits per heavy atom. The minimum absolute atomic E-state index is 0.0672. The van der Waals surface area contributed by atoms with E-state index in [4.69, 9.17) is 5.10 Å². The molecule has 5 aromatic rings. The van der Waals surface area contributed by atoms with Gasteiger partial charge in [0.1, 0.15) is 0 Å². The summed E-state index contributed by atoms with van der Waals surface area (Å²) in [6.07, 6.45) is 0.961. The van der Waals surface area contributed by atoms with E-state index in [0.29, 0.717) is 12.8 Å². The van der Waals surface area contributed by atoms with Crippen LogP contribution < -0.4 is 15.5 Å². The molecule has 2 aromatic heterocycles. The van der Waals surface area contributed by atoms with Crippen LogP contribution in [0.4, 0.5) is 11.5 Å². The van der Waals surface area contributed by atoms with E-state index in [0.717, 1.165) is 72.0 Å². The average molecular weight is 646 g/mol. The highest BCUT2D eigenvalue weighted by Gasteiger charge is 2.29. The highest BCUT2D eigenvalue weighted by molar-refractivity contribution is 6.01. The Morgan fingerprint density at radius 1 is 0.938 bits per heavy atom. The van der Waals surface area contributed by atoms with E-state index in [9.17, 15) is 9.59 Å². The number of likely N-dealkylation sites (N-methyl/N-ethyl adjacent to an activating group) is 1. The minimum atomic E-state index is -0.261. The average Bonchev–Trinajstić information content (AvgIpc) is 3.46. The Kier molecular flexibility index (Phi) is 8.81. The molecule has 2 saturated heterocycles. The SMILES string of the molecule is Cc1nnc2c3ccccc3c(N[C@@H](C)[C@H](c3ccc(CN4CCN(c5cccc(C6CCC(=O)NC6=O)c5)CC4)cc3)N(C)C)nn12. The molecule has 3 atom stereocenters. The maximum Gasteiger partial charge on any atom is 0.234 e. The van der Waals surface area contributed by atoms with Gasteiger partial charge in [-0.1, -0.05) is 60.7 Å². The van der Waals surface area contributed by atoms with E-state index < -0.39 is 0 Å². The van der Waals surface area contributed by atoms with Crippen LogP contribution in [-0.2, 0) is 16.1 Å². The summed E-state index contributed by atoms with van der Waals surface area (Å²) < 4.78 is 1.81. The molecule has 3 aromatic carbocycles. The van der Waals surface area contributed by atoms with Crippen LogP contribution in [0.5, 0.6) is 0 Å². The van der Waals surface area contributed by atoms with Gasteiger partial charge in [-0.2, -0.15) is 4.52 Å². The molecule has 0 saturated carbocycles. The molecule has 2 aliphatic heterocycles. The summed E-state index contributed by atoms with van der Waals surface area (Å²) in [6.45, 7) is 8.80. The highest BCUT2D eigenvalue weighted by Crippen LogP contribution is 2.31. The van der Waals surface area contributed by atoms with E-state index in [1.165, 1.54) is 11.1 Å². The quantitative estimate of drug-likeness (QED) is 0.224. The molecule has 7 rings (SSSR count). The van der Waals surface area contributed by atoms with E-state index in [1.807, 2.05) is 35.7 Å². The smallest absolute Gasteiger partial charge is 0.234 e. The summed E-state index contributed by atoms with van der Waals surface area (Å²) in [5, 5.41) is 21.8. The first-order valence-corrected chi connectivity index (χ1v) is 16.8. The Morgan fingerprint density at radius 3 is 2.42 bits per heavy atom. The summed E-state index contributed by atoms with van der Waals surface area (Å²) in [5.74, 6) is 0.947. The van der Waals surface area contributed by atoms with Gasteiger partial charge in [0.2, 0.25) is 11.8 Å². The monoisotopic (exact) mass is 645 g/mol. The van der Waals surface area contributed by atoms with Crippen LogP contribution >= 0.6 is 0 Å². The number of benzene rings is 3. The second-order valence-corrected chi connectivity index (χ2v) is 13.3. The number of carbonyl (C=O) groups is 2. The fraction of sp³-hybridized carbons (Fsp3) is 0.378. The first kappa shape index (κ1) is 31.7. The van der Waals surface area contributed by atoms with Gasteiger partial charge in [0.15, 0.2) is 17.3 Å². The molecule has 0 aliphatic carbocycles. The van der Waals surface area contributed by atoms with Crippen molar-refractivity contribution < 1.29 is 9.59 Å². The van der Waals surface area contributed by atoms with Crippen LogP contribution in [0.2, 0.25) is 0 Å². The third kappa shape index (κ3) is 6.35. The summed E-state index contributed by atoms with van der Waals surface area (Å²) in [7, 11) is 4.24. The Bertz CT molecular complexity index is 1950. The molecule has 0 spiro atoms. The molecule has 4 heterocycles. The molecule has 48 heavy (non-hydrogen) atoms. The Labute approximate surface area is 280 Å². The molecule has 2 aliphatic rings. The maximum absolute atomic E-state index is 12.4. The van der Waals surface area contributed by atoms with Gasteiger partial charge in [0.25, 0.3) is 0 Å². The van der Waals surface area contributed by atoms with Gasteiger partial charge in [-0.25, -0.2) is 0 Å². The standard InChI is InChI=1S/C37H43N9O2/c1-24(38-35-31-10-5-6-11-32(31)36-41-40-25(2)46(36)42-35)34(43(3)4)27-14-12-26(13-15-27)23-44-18-20-45(21-19-44)29-9-7-8-28(22-29)30-16-17-33(47)39-37(30)48/h5-15,22,24,30,34H,16-21,23H2,1-4H3,(H,38,42)(H,39,47,48)/t24-,30?,34+/m0/s1. The number of nitrogens with one attached hydrogen (secondary N) is 2. The van der Waals surface area contributed by atoms with Crippen molar-refractivity contribution in [3.8, 4) is 0 Å². The van der Waals surface area contributed by atoms with Crippen molar-refractivity contribution in [2.75, 3.05) is 50.5 Å². The molecule has 2 N–H and O–H groups in total. The Hall–Kier alpha value is -4.87. The zero-order valence-electron chi connectivity index (χ0n) is 28.1. The van der Waals surface area contributed by atoms with Gasteiger partial charge < -0.3 is 15.1 Å². The summed E-state index contributed by atoms with van der Waals surface area (Å²) in [6, 6.07) is 25.7. The number of fused-ring (bicyclic) bond motifs is 3. The molecular weight excluding hydrogens is 602 g/mol. The van der Waals surface area contributed by atoms with E-state index in [-0.39, 0.29) is 29.8 Å². The summed E-state index contributed by atoms with van der Waals surface area (Å²) in [5.41, 5.74) is 5.43. The first-order chi connectivity index (χ1) is 23.2. The lowest BCUT2D eigenvalue weighted by Gasteiger charge is -2.36. The van der Waals surface area contributed by atoms with Crippen LogP contribution in [0.15, 0.2) is 72.8 Å². The van der Waals surface area contributed by atoms with Crippen LogP contribution in [0.3, 0.4) is 0 Å². The lowest BCUT2D eigenvalue weighted by atomic mass is 9.90. The van der Waals surface area contributed by atoms with Gasteiger partial charge in [-0.05, 0) is 63.2 Å². The third-order valence-corrected chi connectivity index (χ3v) is 9.79. The third-order valence-electron chi connectivity index (χ3n) is 9.79. The minimum Gasteiger partial charge on any atom is -0.369 e. The zero-order chi connectivity index (χ0) is 33.4. The van der Waals surface area contributed by atoms with Crippen LogP contribution in [-0.4, -0.2) is 87.7 Å². The van der Waals surface area contributed by atoms with Gasteiger partial charge in [0.05, 0.1) is 12.0 Å². The molecule has 11 heteroatoms. The second kappa shape index (κ2) is 13.3.